The number of alkyl carbamates (subject to hydrolysis) is 1. The molecule has 0 bridgehead atoms. The number of benzene rings is 2. The standard InChI is InChI=1S/C54H76N12O10/c1-32(2)21-38(45(67)27-46(68)60-40(22-33(3)4)48(70)62-39(47(55)69)23-34-15-10-8-11-16-34)61-50(72)42(25-36-28-56-30-58-36)63-49(71)41(24-35-17-12-9-13-18-35)64-51(73)44-19-14-20-66(44)52(74)43(26-37-29-57-31-59-37)65-53(75)76-54(5,6)7/h8-13,15-18,28-33,38-45,67H,14,19-27H2,1-7H3,(H2,55,69)(H,56,58)(H,57,59)(H,60,68)(H,61,72)(H,62,70)(H,63,71)(H,64,73)(H,65,75). The molecule has 1 aliphatic heterocycles. The number of nitrogens with one attached hydrogen (secondary N) is 8. The summed E-state index contributed by atoms with van der Waals surface area (Å²) < 4.78 is 5.46. The summed E-state index contributed by atoms with van der Waals surface area (Å²) in [5.41, 5.74) is 7.31. The second-order valence-corrected chi connectivity index (χ2v) is 21.2. The second kappa shape index (κ2) is 28.3. The van der Waals surface area contributed by atoms with E-state index in [1.165, 1.54) is 29.9 Å². The van der Waals surface area contributed by atoms with Crippen molar-refractivity contribution in [1.29, 1.82) is 0 Å². The van der Waals surface area contributed by atoms with Crippen LogP contribution in [0.2, 0.25) is 0 Å². The van der Waals surface area contributed by atoms with Gasteiger partial charge < -0.3 is 62.3 Å². The molecular weight excluding hydrogens is 977 g/mol. The Morgan fingerprint density at radius 2 is 1.18 bits per heavy atom. The van der Waals surface area contributed by atoms with Gasteiger partial charge in [0.2, 0.25) is 41.4 Å². The zero-order valence-corrected chi connectivity index (χ0v) is 44.5. The van der Waals surface area contributed by atoms with Crippen molar-refractivity contribution < 1.29 is 48.2 Å². The molecule has 412 valence electrons. The molecule has 0 aliphatic carbocycles. The Morgan fingerprint density at radius 3 is 1.71 bits per heavy atom. The van der Waals surface area contributed by atoms with Crippen LogP contribution < -0.4 is 37.6 Å². The maximum absolute atomic E-state index is 14.6. The Balaban J connectivity index is 1.32. The molecule has 0 saturated carbocycles. The number of hydrogen-bond donors (Lipinski definition) is 10. The highest BCUT2D eigenvalue weighted by atomic mass is 16.6. The Labute approximate surface area is 443 Å². The van der Waals surface area contributed by atoms with E-state index in [-0.39, 0.29) is 63.3 Å². The summed E-state index contributed by atoms with van der Waals surface area (Å²) in [7, 11) is 0. The molecule has 8 amide bonds. The first-order chi connectivity index (χ1) is 36.0. The predicted molar refractivity (Wildman–Crippen MR) is 281 cm³/mol. The number of aliphatic hydroxyl groups excluding tert-OH is 1. The minimum Gasteiger partial charge on any atom is -0.444 e. The SMILES string of the molecule is CC(C)CC(NC(=O)CC(O)C(CC(C)C)NC(=O)C(Cc1cnc[nH]1)NC(=O)C(Cc1ccccc1)NC(=O)C1CCCN1C(=O)C(Cc1cnc[nH]1)NC(=O)OC(C)(C)C)C(=O)NC(Cc1ccccc1)C(N)=O. The summed E-state index contributed by atoms with van der Waals surface area (Å²) in [6.07, 6.45) is 4.26. The third-order valence-electron chi connectivity index (χ3n) is 12.5. The van der Waals surface area contributed by atoms with Gasteiger partial charge in [-0.3, -0.25) is 33.6 Å². The fourth-order valence-corrected chi connectivity index (χ4v) is 8.93. The van der Waals surface area contributed by atoms with E-state index in [0.717, 1.165) is 5.56 Å². The summed E-state index contributed by atoms with van der Waals surface area (Å²) in [6.45, 7) is 12.7. The highest BCUT2D eigenvalue weighted by Gasteiger charge is 2.40. The second-order valence-electron chi connectivity index (χ2n) is 21.2. The molecule has 22 heteroatoms. The molecule has 1 saturated heterocycles. The van der Waals surface area contributed by atoms with Crippen LogP contribution in [-0.2, 0) is 64.0 Å². The number of hydrogen-bond acceptors (Lipinski definition) is 12. The highest BCUT2D eigenvalue weighted by molar-refractivity contribution is 5.96. The first kappa shape index (κ1) is 59.3. The fourth-order valence-electron chi connectivity index (χ4n) is 8.93. The molecule has 22 nitrogen and oxygen atoms in total. The van der Waals surface area contributed by atoms with Gasteiger partial charge in [0.25, 0.3) is 0 Å². The summed E-state index contributed by atoms with van der Waals surface area (Å²) in [5, 5.41) is 28.2. The van der Waals surface area contributed by atoms with Gasteiger partial charge in [-0.25, -0.2) is 14.8 Å². The summed E-state index contributed by atoms with van der Waals surface area (Å²) >= 11 is 0. The third-order valence-corrected chi connectivity index (χ3v) is 12.5. The number of ether oxygens (including phenoxy) is 1. The molecule has 11 N–H and O–H groups in total. The summed E-state index contributed by atoms with van der Waals surface area (Å²) in [6, 6.07) is 10.0. The number of nitrogens with zero attached hydrogens (tertiary/aromatic N) is 3. The van der Waals surface area contributed by atoms with Crippen molar-refractivity contribution in [3.8, 4) is 0 Å². The Kier molecular flexibility index (Phi) is 22.1. The van der Waals surface area contributed by atoms with Gasteiger partial charge >= 0.3 is 6.09 Å². The summed E-state index contributed by atoms with van der Waals surface area (Å²) in [5.74, 6) is -4.83. The largest absolute Gasteiger partial charge is 0.444 e. The van der Waals surface area contributed by atoms with Crippen molar-refractivity contribution in [2.75, 3.05) is 6.54 Å². The maximum atomic E-state index is 14.6. The van der Waals surface area contributed by atoms with Crippen LogP contribution in [0.5, 0.6) is 0 Å². The molecular formula is C54H76N12O10. The minimum absolute atomic E-state index is 0.00400. The number of rotatable bonds is 27. The average Bonchev–Trinajstić information content (AvgIpc) is 4.17. The molecule has 4 aromatic rings. The van der Waals surface area contributed by atoms with Crippen LogP contribution in [0, 0.1) is 11.8 Å². The minimum atomic E-state index is -1.46. The lowest BCUT2D eigenvalue weighted by molar-refractivity contribution is -0.141. The molecule has 1 aliphatic rings. The number of H-pyrrole nitrogens is 2. The Bertz CT molecular complexity index is 2520. The van der Waals surface area contributed by atoms with Crippen LogP contribution in [0.3, 0.4) is 0 Å². The number of carbonyl (C=O) groups is 8. The zero-order chi connectivity index (χ0) is 55.5. The van der Waals surface area contributed by atoms with E-state index in [1.807, 2.05) is 33.8 Å². The van der Waals surface area contributed by atoms with Crippen molar-refractivity contribution in [1.82, 2.24) is 56.7 Å². The quantitative estimate of drug-likeness (QED) is 0.0411. The first-order valence-corrected chi connectivity index (χ1v) is 25.9. The normalized spacial score (nSPS) is 16.3. The molecule has 2 aromatic carbocycles. The van der Waals surface area contributed by atoms with Crippen LogP contribution in [0.4, 0.5) is 4.79 Å². The first-order valence-electron chi connectivity index (χ1n) is 25.9. The van der Waals surface area contributed by atoms with Gasteiger partial charge in [-0.05, 0) is 69.4 Å². The summed E-state index contributed by atoms with van der Waals surface area (Å²) in [4.78, 5) is 126. The smallest absolute Gasteiger partial charge is 0.408 e. The van der Waals surface area contributed by atoms with Crippen LogP contribution in [0.1, 0.15) is 103 Å². The average molecular weight is 1050 g/mol. The lowest BCUT2D eigenvalue weighted by Crippen LogP contribution is -2.60. The number of amides is 8. The van der Waals surface area contributed by atoms with E-state index >= 15 is 0 Å². The molecule has 1 fully saturated rings. The number of carbonyl (C=O) groups excluding carboxylic acids is 8. The van der Waals surface area contributed by atoms with Crippen molar-refractivity contribution in [3.05, 3.63) is 108 Å². The van der Waals surface area contributed by atoms with Gasteiger partial charge in [-0.15, -0.1) is 0 Å². The topological polar surface area (TPSA) is 325 Å². The Hall–Kier alpha value is -7.62. The van der Waals surface area contributed by atoms with E-state index in [0.29, 0.717) is 23.4 Å². The van der Waals surface area contributed by atoms with Crippen molar-refractivity contribution in [2.24, 2.45) is 17.6 Å². The molecule has 2 aromatic heterocycles. The van der Waals surface area contributed by atoms with Gasteiger partial charge in [0.1, 0.15) is 41.9 Å². The highest BCUT2D eigenvalue weighted by Crippen LogP contribution is 2.21. The van der Waals surface area contributed by atoms with Gasteiger partial charge in [0.05, 0.1) is 31.2 Å². The van der Waals surface area contributed by atoms with E-state index in [9.17, 15) is 43.5 Å². The molecule has 3 heterocycles. The number of imidazole rings is 2. The predicted octanol–water partition coefficient (Wildman–Crippen LogP) is 2.04. The van der Waals surface area contributed by atoms with E-state index in [2.05, 4.69) is 51.8 Å². The van der Waals surface area contributed by atoms with Gasteiger partial charge in [-0.1, -0.05) is 88.4 Å². The molecule has 8 atom stereocenters. The van der Waals surface area contributed by atoms with Gasteiger partial charge in [0.15, 0.2) is 0 Å². The molecule has 76 heavy (non-hydrogen) atoms. The van der Waals surface area contributed by atoms with Gasteiger partial charge in [0, 0.05) is 56.0 Å². The van der Waals surface area contributed by atoms with Crippen LogP contribution in [0.25, 0.3) is 0 Å². The molecule has 8 unspecified atom stereocenters. The number of aromatic amines is 2. The lowest BCUT2D eigenvalue weighted by Gasteiger charge is -2.31. The fraction of sp³-hybridized carbons (Fsp3) is 0.519. The van der Waals surface area contributed by atoms with Crippen LogP contribution in [0.15, 0.2) is 85.7 Å². The van der Waals surface area contributed by atoms with E-state index < -0.39 is 108 Å². The van der Waals surface area contributed by atoms with E-state index in [4.69, 9.17) is 10.5 Å². The number of likely N-dealkylation sites (tertiary alicyclic amines) is 1. The third kappa shape index (κ3) is 19.3. The van der Waals surface area contributed by atoms with Crippen LogP contribution in [-0.4, -0.2) is 138 Å². The van der Waals surface area contributed by atoms with Crippen molar-refractivity contribution >= 4 is 47.4 Å². The molecule has 5 rings (SSSR count). The number of aliphatic hydroxyl groups is 1. The zero-order valence-electron chi connectivity index (χ0n) is 44.5. The molecule has 0 radical (unpaired) electrons. The van der Waals surface area contributed by atoms with E-state index in [1.54, 1.807) is 75.4 Å². The lowest BCUT2D eigenvalue weighted by atomic mass is 9.95. The number of primary amides is 1. The van der Waals surface area contributed by atoms with Crippen LogP contribution >= 0.6 is 0 Å². The van der Waals surface area contributed by atoms with Crippen molar-refractivity contribution in [3.63, 3.8) is 0 Å². The number of nitrogens with two attached hydrogens (primary N) is 1. The Morgan fingerprint density at radius 1 is 0.671 bits per heavy atom. The monoisotopic (exact) mass is 1050 g/mol. The maximum Gasteiger partial charge on any atom is 0.408 e. The van der Waals surface area contributed by atoms with Gasteiger partial charge in [-0.2, -0.15) is 0 Å². The number of aromatic nitrogens is 4. The van der Waals surface area contributed by atoms with Crippen molar-refractivity contribution in [2.45, 2.75) is 160 Å². The molecule has 0 spiro atoms.